The molecular weight excluding hydrogens is 340 g/mol. The average molecular weight is 354 g/mol. The van der Waals surface area contributed by atoms with E-state index in [9.17, 15) is 10.1 Å². The Kier molecular flexibility index (Phi) is 4.07. The van der Waals surface area contributed by atoms with E-state index in [0.29, 0.717) is 17.2 Å². The molecule has 0 bridgehead atoms. The largest absolute Gasteiger partial charge is 0.353 e. The van der Waals surface area contributed by atoms with Crippen LogP contribution < -0.4 is 5.32 Å². The summed E-state index contributed by atoms with van der Waals surface area (Å²) in [6, 6.07) is 14.8. The first-order valence-corrected chi connectivity index (χ1v) is 8.24. The highest BCUT2D eigenvalue weighted by Crippen LogP contribution is 2.36. The van der Waals surface area contributed by atoms with Gasteiger partial charge in [0.05, 0.1) is 28.0 Å². The van der Waals surface area contributed by atoms with Crippen LogP contribution in [0.15, 0.2) is 54.9 Å². The first-order chi connectivity index (χ1) is 13.2. The molecule has 4 aromatic rings. The van der Waals surface area contributed by atoms with E-state index in [2.05, 4.69) is 31.3 Å². The number of nitrogens with zero attached hydrogens (tertiary/aromatic N) is 4. The monoisotopic (exact) mass is 354 g/mol. The van der Waals surface area contributed by atoms with Crippen LogP contribution in [-0.2, 0) is 4.79 Å². The fourth-order valence-corrected chi connectivity index (χ4v) is 2.96. The maximum absolute atomic E-state index is 11.4. The minimum Gasteiger partial charge on any atom is -0.353 e. The van der Waals surface area contributed by atoms with Crippen LogP contribution in [0.25, 0.3) is 33.5 Å². The molecule has 0 radical (unpaired) electrons. The second-order valence-corrected chi connectivity index (χ2v) is 5.91. The van der Waals surface area contributed by atoms with Gasteiger partial charge in [-0.05, 0) is 36.4 Å². The molecule has 0 aliphatic carbocycles. The molecule has 4 rings (SSSR count). The van der Waals surface area contributed by atoms with E-state index in [1.54, 1.807) is 30.6 Å². The SMILES string of the molecule is CC(=O)Nc1cc(-c2[nH]c3cccnc3c2-c2cccc(C#N)n2)ccn1. The van der Waals surface area contributed by atoms with Gasteiger partial charge in [0.25, 0.3) is 0 Å². The molecule has 0 fully saturated rings. The number of amides is 1. The molecule has 7 heteroatoms. The highest BCUT2D eigenvalue weighted by atomic mass is 16.1. The lowest BCUT2D eigenvalue weighted by Gasteiger charge is -2.07. The minimum absolute atomic E-state index is 0.193. The van der Waals surface area contributed by atoms with Gasteiger partial charge in [-0.1, -0.05) is 6.07 Å². The van der Waals surface area contributed by atoms with Gasteiger partial charge in [0, 0.05) is 24.9 Å². The summed E-state index contributed by atoms with van der Waals surface area (Å²) in [6.45, 7) is 1.43. The third-order valence-corrected chi connectivity index (χ3v) is 4.03. The van der Waals surface area contributed by atoms with Gasteiger partial charge in [0.15, 0.2) is 0 Å². The number of anilines is 1. The number of fused-ring (bicyclic) bond motifs is 1. The van der Waals surface area contributed by atoms with E-state index in [0.717, 1.165) is 27.9 Å². The van der Waals surface area contributed by atoms with Crippen LogP contribution in [0.5, 0.6) is 0 Å². The topological polar surface area (TPSA) is 107 Å². The Morgan fingerprint density at radius 1 is 1.15 bits per heavy atom. The number of aromatic amines is 1. The smallest absolute Gasteiger partial charge is 0.222 e. The Labute approximate surface area is 154 Å². The first kappa shape index (κ1) is 16.4. The fourth-order valence-electron chi connectivity index (χ4n) is 2.96. The molecule has 0 spiro atoms. The van der Waals surface area contributed by atoms with E-state index >= 15 is 0 Å². The minimum atomic E-state index is -0.193. The van der Waals surface area contributed by atoms with Crippen molar-refractivity contribution in [3.8, 4) is 28.6 Å². The zero-order valence-electron chi connectivity index (χ0n) is 14.4. The van der Waals surface area contributed by atoms with Gasteiger partial charge in [-0.2, -0.15) is 5.26 Å². The number of carbonyl (C=O) groups is 1. The molecule has 1 amide bonds. The molecular formula is C20H14N6O. The summed E-state index contributed by atoms with van der Waals surface area (Å²) in [5.74, 6) is 0.262. The summed E-state index contributed by atoms with van der Waals surface area (Å²) in [5, 5.41) is 11.9. The Morgan fingerprint density at radius 2 is 2.04 bits per heavy atom. The zero-order valence-corrected chi connectivity index (χ0v) is 14.4. The summed E-state index contributed by atoms with van der Waals surface area (Å²) in [6.07, 6.45) is 3.34. The lowest BCUT2D eigenvalue weighted by atomic mass is 10.0. The van der Waals surface area contributed by atoms with Gasteiger partial charge in [-0.25, -0.2) is 9.97 Å². The molecule has 0 aromatic carbocycles. The van der Waals surface area contributed by atoms with Crippen molar-refractivity contribution in [1.82, 2.24) is 19.9 Å². The van der Waals surface area contributed by atoms with Gasteiger partial charge in [-0.3, -0.25) is 9.78 Å². The van der Waals surface area contributed by atoms with Gasteiger partial charge in [0.2, 0.25) is 5.91 Å². The van der Waals surface area contributed by atoms with E-state index in [1.807, 2.05) is 24.3 Å². The van der Waals surface area contributed by atoms with Crippen molar-refractivity contribution >= 4 is 22.8 Å². The van der Waals surface area contributed by atoms with Crippen LogP contribution in [0.2, 0.25) is 0 Å². The number of hydrogen-bond acceptors (Lipinski definition) is 5. The van der Waals surface area contributed by atoms with E-state index in [1.165, 1.54) is 6.92 Å². The maximum Gasteiger partial charge on any atom is 0.222 e. The highest BCUT2D eigenvalue weighted by molar-refractivity contribution is 6.01. The Balaban J connectivity index is 1.96. The van der Waals surface area contributed by atoms with Gasteiger partial charge >= 0.3 is 0 Å². The maximum atomic E-state index is 11.4. The van der Waals surface area contributed by atoms with E-state index in [4.69, 9.17) is 0 Å². The Hall–Kier alpha value is -4.05. The van der Waals surface area contributed by atoms with Crippen LogP contribution in [0.3, 0.4) is 0 Å². The normalized spacial score (nSPS) is 10.5. The lowest BCUT2D eigenvalue weighted by Crippen LogP contribution is -2.07. The number of pyridine rings is 3. The number of nitriles is 1. The van der Waals surface area contributed by atoms with Crippen molar-refractivity contribution in [3.05, 3.63) is 60.6 Å². The average Bonchev–Trinajstić information content (AvgIpc) is 3.07. The van der Waals surface area contributed by atoms with Crippen molar-refractivity contribution in [1.29, 1.82) is 5.26 Å². The van der Waals surface area contributed by atoms with Crippen LogP contribution in [0, 0.1) is 11.3 Å². The van der Waals surface area contributed by atoms with Crippen molar-refractivity contribution in [2.45, 2.75) is 6.92 Å². The number of rotatable bonds is 3. The molecule has 0 unspecified atom stereocenters. The fraction of sp³-hybridized carbons (Fsp3) is 0.0500. The second-order valence-electron chi connectivity index (χ2n) is 5.91. The van der Waals surface area contributed by atoms with Crippen molar-refractivity contribution < 1.29 is 4.79 Å². The lowest BCUT2D eigenvalue weighted by molar-refractivity contribution is -0.114. The first-order valence-electron chi connectivity index (χ1n) is 8.24. The third-order valence-electron chi connectivity index (χ3n) is 4.03. The van der Waals surface area contributed by atoms with Crippen LogP contribution in [0.4, 0.5) is 5.82 Å². The molecule has 0 saturated carbocycles. The predicted octanol–water partition coefficient (Wildman–Crippen LogP) is 3.52. The van der Waals surface area contributed by atoms with Crippen LogP contribution >= 0.6 is 0 Å². The molecule has 0 aliphatic heterocycles. The third kappa shape index (κ3) is 3.12. The van der Waals surface area contributed by atoms with Crippen LogP contribution in [-0.4, -0.2) is 25.8 Å². The highest BCUT2D eigenvalue weighted by Gasteiger charge is 2.18. The molecule has 2 N–H and O–H groups in total. The molecule has 7 nitrogen and oxygen atoms in total. The number of carbonyl (C=O) groups excluding carboxylic acids is 1. The second kappa shape index (κ2) is 6.69. The summed E-state index contributed by atoms with van der Waals surface area (Å²) >= 11 is 0. The zero-order chi connectivity index (χ0) is 18.8. The number of H-pyrrole nitrogens is 1. The molecule has 0 aliphatic rings. The van der Waals surface area contributed by atoms with Crippen molar-refractivity contribution in [3.63, 3.8) is 0 Å². The number of aromatic nitrogens is 4. The summed E-state index contributed by atoms with van der Waals surface area (Å²) in [4.78, 5) is 27.8. The molecule has 27 heavy (non-hydrogen) atoms. The van der Waals surface area contributed by atoms with E-state index in [-0.39, 0.29) is 5.91 Å². The number of nitrogens with one attached hydrogen (secondary N) is 2. The van der Waals surface area contributed by atoms with Gasteiger partial charge in [-0.15, -0.1) is 0 Å². The molecule has 4 aromatic heterocycles. The molecule has 4 heterocycles. The standard InChI is InChI=1S/C20H14N6O/c1-12(27)24-17-10-13(7-9-22-17)19-18(15-5-2-4-14(11-21)25-15)20-16(26-19)6-3-8-23-20/h2-10,26H,1H3,(H,22,24,27). The molecule has 130 valence electrons. The predicted molar refractivity (Wildman–Crippen MR) is 102 cm³/mol. The Bertz CT molecular complexity index is 1200. The summed E-state index contributed by atoms with van der Waals surface area (Å²) in [5.41, 5.74) is 5.00. The van der Waals surface area contributed by atoms with Crippen molar-refractivity contribution in [2.24, 2.45) is 0 Å². The van der Waals surface area contributed by atoms with Crippen LogP contribution in [0.1, 0.15) is 12.6 Å². The van der Waals surface area contributed by atoms with Gasteiger partial charge < -0.3 is 10.3 Å². The molecule has 0 atom stereocenters. The van der Waals surface area contributed by atoms with E-state index < -0.39 is 0 Å². The Morgan fingerprint density at radius 3 is 2.85 bits per heavy atom. The molecule has 0 saturated heterocycles. The summed E-state index contributed by atoms with van der Waals surface area (Å²) in [7, 11) is 0. The van der Waals surface area contributed by atoms with Crippen molar-refractivity contribution in [2.75, 3.05) is 5.32 Å². The summed E-state index contributed by atoms with van der Waals surface area (Å²) < 4.78 is 0. The van der Waals surface area contributed by atoms with Gasteiger partial charge in [0.1, 0.15) is 17.6 Å². The quantitative estimate of drug-likeness (QED) is 0.585. The number of hydrogen-bond donors (Lipinski definition) is 2.